The van der Waals surface area contributed by atoms with Gasteiger partial charge in [0.25, 0.3) is 0 Å². The van der Waals surface area contributed by atoms with Gasteiger partial charge in [0, 0.05) is 18.8 Å². The number of nitrogens with zero attached hydrogens (tertiary/aromatic N) is 3. The molecule has 4 rings (SSSR count). The second-order valence-corrected chi connectivity index (χ2v) is 6.92. The third kappa shape index (κ3) is 4.72. The first kappa shape index (κ1) is 19.4. The smallest absolute Gasteiger partial charge is 0.159 e. The molecule has 3 aromatic carbocycles. The van der Waals surface area contributed by atoms with Crippen LogP contribution in [0.5, 0.6) is 0 Å². The summed E-state index contributed by atoms with van der Waals surface area (Å²) in [7, 11) is 0. The highest BCUT2D eigenvalue weighted by Gasteiger charge is 2.16. The first-order chi connectivity index (χ1) is 14.7. The standard InChI is InChI=1S/C24H22FN5/c25-20-11-13-21(14-12-20)29-23-22(26)24(28-17-27-23)30(15-18-7-3-1-4-8-18)16-19-9-5-2-6-10-19/h1-14,17H,15-16,26H2,(H,27,28,29). The van der Waals surface area contributed by atoms with Gasteiger partial charge in [0.05, 0.1) is 0 Å². The maximum absolute atomic E-state index is 13.2. The minimum Gasteiger partial charge on any atom is -0.393 e. The SMILES string of the molecule is Nc1c(Nc2ccc(F)cc2)ncnc1N(Cc1ccccc1)Cc1ccccc1. The van der Waals surface area contributed by atoms with Crippen molar-refractivity contribution in [1.82, 2.24) is 9.97 Å². The van der Waals surface area contributed by atoms with Crippen LogP contribution in [0, 0.1) is 5.82 Å². The van der Waals surface area contributed by atoms with E-state index in [4.69, 9.17) is 5.73 Å². The van der Waals surface area contributed by atoms with Crippen LogP contribution in [0.1, 0.15) is 11.1 Å². The van der Waals surface area contributed by atoms with Gasteiger partial charge in [-0.25, -0.2) is 14.4 Å². The molecule has 0 radical (unpaired) electrons. The lowest BCUT2D eigenvalue weighted by molar-refractivity contribution is 0.628. The van der Waals surface area contributed by atoms with Crippen molar-refractivity contribution in [2.45, 2.75) is 13.1 Å². The van der Waals surface area contributed by atoms with Crippen molar-refractivity contribution in [3.8, 4) is 0 Å². The van der Waals surface area contributed by atoms with Gasteiger partial charge < -0.3 is 16.0 Å². The topological polar surface area (TPSA) is 67.1 Å². The van der Waals surface area contributed by atoms with Crippen molar-refractivity contribution in [1.29, 1.82) is 0 Å². The van der Waals surface area contributed by atoms with Crippen molar-refractivity contribution >= 4 is 23.0 Å². The molecule has 0 aliphatic rings. The zero-order valence-electron chi connectivity index (χ0n) is 16.4. The maximum atomic E-state index is 13.2. The molecule has 150 valence electrons. The van der Waals surface area contributed by atoms with E-state index in [-0.39, 0.29) is 5.82 Å². The Morgan fingerprint density at radius 1 is 0.767 bits per heavy atom. The van der Waals surface area contributed by atoms with E-state index < -0.39 is 0 Å². The van der Waals surface area contributed by atoms with Gasteiger partial charge >= 0.3 is 0 Å². The van der Waals surface area contributed by atoms with Crippen LogP contribution in [0.2, 0.25) is 0 Å². The molecule has 0 saturated carbocycles. The van der Waals surface area contributed by atoms with Crippen LogP contribution in [0.3, 0.4) is 0 Å². The molecule has 0 atom stereocenters. The summed E-state index contributed by atoms with van der Waals surface area (Å²) in [4.78, 5) is 10.9. The van der Waals surface area contributed by atoms with E-state index in [9.17, 15) is 4.39 Å². The number of rotatable bonds is 7. The highest BCUT2D eigenvalue weighted by molar-refractivity contribution is 5.78. The first-order valence-corrected chi connectivity index (χ1v) is 9.65. The highest BCUT2D eigenvalue weighted by Crippen LogP contribution is 2.30. The van der Waals surface area contributed by atoms with Crippen LogP contribution in [0.15, 0.2) is 91.3 Å². The first-order valence-electron chi connectivity index (χ1n) is 9.65. The van der Waals surface area contributed by atoms with Gasteiger partial charge in [0.1, 0.15) is 17.8 Å². The molecule has 0 amide bonds. The molecule has 1 heterocycles. The zero-order chi connectivity index (χ0) is 20.8. The average molecular weight is 399 g/mol. The molecule has 0 saturated heterocycles. The van der Waals surface area contributed by atoms with Crippen molar-refractivity contribution in [3.05, 3.63) is 108 Å². The van der Waals surface area contributed by atoms with Crippen molar-refractivity contribution in [3.63, 3.8) is 0 Å². The summed E-state index contributed by atoms with van der Waals surface area (Å²) in [6.07, 6.45) is 1.49. The summed E-state index contributed by atoms with van der Waals surface area (Å²) in [6, 6.07) is 26.4. The van der Waals surface area contributed by atoms with E-state index in [2.05, 4.69) is 44.5 Å². The third-order valence-electron chi connectivity index (χ3n) is 4.70. The summed E-state index contributed by atoms with van der Waals surface area (Å²) < 4.78 is 13.2. The van der Waals surface area contributed by atoms with Crippen molar-refractivity contribution in [2.24, 2.45) is 0 Å². The fraction of sp³-hybridized carbons (Fsp3) is 0.0833. The number of halogens is 1. The molecule has 0 aliphatic heterocycles. The molecule has 6 heteroatoms. The van der Waals surface area contributed by atoms with E-state index in [0.29, 0.717) is 36.1 Å². The number of hydrogen-bond donors (Lipinski definition) is 2. The van der Waals surface area contributed by atoms with Gasteiger partial charge in [-0.2, -0.15) is 0 Å². The van der Waals surface area contributed by atoms with Crippen LogP contribution >= 0.6 is 0 Å². The normalized spacial score (nSPS) is 10.6. The number of hydrogen-bond acceptors (Lipinski definition) is 5. The fourth-order valence-corrected chi connectivity index (χ4v) is 3.22. The molecule has 0 unspecified atom stereocenters. The van der Waals surface area contributed by atoms with E-state index in [1.54, 1.807) is 12.1 Å². The summed E-state index contributed by atoms with van der Waals surface area (Å²) in [5.74, 6) is 0.828. The predicted molar refractivity (Wildman–Crippen MR) is 119 cm³/mol. The lowest BCUT2D eigenvalue weighted by Crippen LogP contribution is -2.24. The lowest BCUT2D eigenvalue weighted by Gasteiger charge is -2.26. The summed E-state index contributed by atoms with van der Waals surface area (Å²) >= 11 is 0. The summed E-state index contributed by atoms with van der Waals surface area (Å²) in [6.45, 7) is 1.29. The maximum Gasteiger partial charge on any atom is 0.159 e. The summed E-state index contributed by atoms with van der Waals surface area (Å²) in [5.41, 5.74) is 9.91. The van der Waals surface area contributed by atoms with Gasteiger partial charge in [-0.1, -0.05) is 60.7 Å². The molecule has 0 aliphatic carbocycles. The van der Waals surface area contributed by atoms with Gasteiger partial charge in [0.2, 0.25) is 0 Å². The predicted octanol–water partition coefficient (Wildman–Crippen LogP) is 5.15. The Hall–Kier alpha value is -3.93. The largest absolute Gasteiger partial charge is 0.393 e. The number of nitrogens with one attached hydrogen (secondary N) is 1. The molecule has 0 spiro atoms. The molecule has 3 N–H and O–H groups in total. The van der Waals surface area contributed by atoms with Crippen molar-refractivity contribution < 1.29 is 4.39 Å². The monoisotopic (exact) mass is 399 g/mol. The van der Waals surface area contributed by atoms with Crippen LogP contribution in [0.25, 0.3) is 0 Å². The second kappa shape index (κ2) is 9.05. The number of aromatic nitrogens is 2. The van der Waals surface area contributed by atoms with Crippen LogP contribution in [-0.4, -0.2) is 9.97 Å². The van der Waals surface area contributed by atoms with Crippen LogP contribution in [0.4, 0.5) is 27.4 Å². The number of nitrogen functional groups attached to an aromatic ring is 1. The Bertz CT molecular complexity index is 1040. The quantitative estimate of drug-likeness (QED) is 0.450. The fourth-order valence-electron chi connectivity index (χ4n) is 3.22. The Balaban J connectivity index is 1.66. The Labute approximate surface area is 175 Å². The number of benzene rings is 3. The van der Waals surface area contributed by atoms with E-state index in [1.807, 2.05) is 36.4 Å². The van der Waals surface area contributed by atoms with Gasteiger partial charge in [-0.3, -0.25) is 0 Å². The van der Waals surface area contributed by atoms with E-state index in [0.717, 1.165) is 11.1 Å². The molecule has 5 nitrogen and oxygen atoms in total. The number of anilines is 4. The van der Waals surface area contributed by atoms with Crippen molar-refractivity contribution in [2.75, 3.05) is 16.0 Å². The zero-order valence-corrected chi connectivity index (χ0v) is 16.4. The molecule has 30 heavy (non-hydrogen) atoms. The molecular formula is C24H22FN5. The third-order valence-corrected chi connectivity index (χ3v) is 4.70. The summed E-state index contributed by atoms with van der Waals surface area (Å²) in [5, 5.41) is 3.15. The molecular weight excluding hydrogens is 377 g/mol. The Morgan fingerprint density at radius 3 is 1.90 bits per heavy atom. The highest BCUT2D eigenvalue weighted by atomic mass is 19.1. The molecule has 1 aromatic heterocycles. The van der Waals surface area contributed by atoms with E-state index >= 15 is 0 Å². The average Bonchev–Trinajstić information content (AvgIpc) is 2.78. The molecule has 0 fully saturated rings. The van der Waals surface area contributed by atoms with Gasteiger partial charge in [-0.05, 0) is 35.4 Å². The van der Waals surface area contributed by atoms with Gasteiger partial charge in [0.15, 0.2) is 11.6 Å². The van der Waals surface area contributed by atoms with Gasteiger partial charge in [-0.15, -0.1) is 0 Å². The number of nitrogens with two attached hydrogens (primary N) is 1. The molecule has 0 bridgehead atoms. The van der Waals surface area contributed by atoms with E-state index in [1.165, 1.54) is 18.5 Å². The Morgan fingerprint density at radius 2 is 1.33 bits per heavy atom. The second-order valence-electron chi connectivity index (χ2n) is 6.92. The molecule has 4 aromatic rings. The lowest BCUT2D eigenvalue weighted by atomic mass is 10.1. The van der Waals surface area contributed by atoms with Crippen LogP contribution in [-0.2, 0) is 13.1 Å². The Kier molecular flexibility index (Phi) is 5.85. The minimum absolute atomic E-state index is 0.297. The minimum atomic E-state index is -0.297. The van der Waals surface area contributed by atoms with Crippen LogP contribution < -0.4 is 16.0 Å².